The summed E-state index contributed by atoms with van der Waals surface area (Å²) in [4.78, 5) is 16.2. The summed E-state index contributed by atoms with van der Waals surface area (Å²) in [5.41, 5.74) is 2.26. The molecule has 1 aromatic carbocycles. The monoisotopic (exact) mass is 372 g/mol. The van der Waals surface area contributed by atoms with E-state index in [0.717, 1.165) is 55.8 Å². The Labute approximate surface area is 160 Å². The molecule has 2 heterocycles. The lowest BCUT2D eigenvalue weighted by atomic mass is 10.0. The second-order valence-electron chi connectivity index (χ2n) is 7.03. The third-order valence-corrected chi connectivity index (χ3v) is 5.80. The standard InChI is InChI=1S/C21H28N2O2S/c1-16-7-8-17(13-20(16)25-2)9-10-21(24)22-18-5-3-11-23(14-18)15-19-6-4-12-26-19/h4,6-8,12-13,18H,3,5,9-11,14-15H2,1-2H3,(H,22,24). The third kappa shape index (κ3) is 5.32. The second kappa shape index (κ2) is 9.19. The molecule has 1 saturated heterocycles. The van der Waals surface area contributed by atoms with E-state index in [-0.39, 0.29) is 11.9 Å². The van der Waals surface area contributed by atoms with Gasteiger partial charge in [-0.2, -0.15) is 0 Å². The Bertz CT molecular complexity index is 715. The van der Waals surface area contributed by atoms with Gasteiger partial charge >= 0.3 is 0 Å². The first-order chi connectivity index (χ1) is 12.6. The first-order valence-electron chi connectivity index (χ1n) is 9.31. The van der Waals surface area contributed by atoms with Gasteiger partial charge in [0.15, 0.2) is 0 Å². The number of piperidine rings is 1. The van der Waals surface area contributed by atoms with Crippen LogP contribution in [0.2, 0.25) is 0 Å². The molecule has 0 saturated carbocycles. The predicted octanol–water partition coefficient (Wildman–Crippen LogP) is 3.78. The van der Waals surface area contributed by atoms with Crippen molar-refractivity contribution < 1.29 is 9.53 Å². The SMILES string of the molecule is COc1cc(CCC(=O)NC2CCCN(Cc3cccs3)C2)ccc1C. The minimum absolute atomic E-state index is 0.146. The van der Waals surface area contributed by atoms with Crippen molar-refractivity contribution in [3.8, 4) is 5.75 Å². The average Bonchev–Trinajstić information content (AvgIpc) is 3.14. The normalized spacial score (nSPS) is 17.8. The van der Waals surface area contributed by atoms with E-state index in [4.69, 9.17) is 4.74 Å². The van der Waals surface area contributed by atoms with Gasteiger partial charge in [-0.25, -0.2) is 0 Å². The minimum atomic E-state index is 0.146. The number of carbonyl (C=O) groups is 1. The molecule has 0 radical (unpaired) electrons. The van der Waals surface area contributed by atoms with Crippen LogP contribution in [0, 0.1) is 6.92 Å². The molecular weight excluding hydrogens is 344 g/mol. The van der Waals surface area contributed by atoms with Gasteiger partial charge in [-0.1, -0.05) is 18.2 Å². The average molecular weight is 373 g/mol. The van der Waals surface area contributed by atoms with Crippen molar-refractivity contribution in [1.29, 1.82) is 0 Å². The van der Waals surface area contributed by atoms with E-state index in [9.17, 15) is 4.79 Å². The summed E-state index contributed by atoms with van der Waals surface area (Å²) in [6.45, 7) is 5.09. The van der Waals surface area contributed by atoms with E-state index in [1.165, 1.54) is 4.88 Å². The molecule has 0 aliphatic carbocycles. The van der Waals surface area contributed by atoms with E-state index in [1.54, 1.807) is 18.4 Å². The number of ether oxygens (including phenoxy) is 1. The van der Waals surface area contributed by atoms with E-state index in [0.29, 0.717) is 6.42 Å². The Morgan fingerprint density at radius 3 is 3.04 bits per heavy atom. The van der Waals surface area contributed by atoms with E-state index in [2.05, 4.69) is 39.9 Å². The maximum atomic E-state index is 12.4. The minimum Gasteiger partial charge on any atom is -0.496 e. The molecule has 1 unspecified atom stereocenters. The summed E-state index contributed by atoms with van der Waals surface area (Å²) in [7, 11) is 1.68. The van der Waals surface area contributed by atoms with E-state index < -0.39 is 0 Å². The molecule has 140 valence electrons. The second-order valence-corrected chi connectivity index (χ2v) is 8.06. The lowest BCUT2D eigenvalue weighted by Gasteiger charge is -2.32. The number of rotatable bonds is 7. The lowest BCUT2D eigenvalue weighted by Crippen LogP contribution is -2.47. The highest BCUT2D eigenvalue weighted by atomic mass is 32.1. The van der Waals surface area contributed by atoms with Crippen LogP contribution in [-0.2, 0) is 17.8 Å². The highest BCUT2D eigenvalue weighted by Crippen LogP contribution is 2.20. The molecule has 3 rings (SSSR count). The van der Waals surface area contributed by atoms with E-state index in [1.807, 2.05) is 13.0 Å². The molecule has 26 heavy (non-hydrogen) atoms. The highest BCUT2D eigenvalue weighted by Gasteiger charge is 2.21. The van der Waals surface area contributed by atoms with Crippen LogP contribution < -0.4 is 10.1 Å². The van der Waals surface area contributed by atoms with E-state index >= 15 is 0 Å². The molecule has 1 aromatic heterocycles. The number of hydrogen-bond donors (Lipinski definition) is 1. The number of aryl methyl sites for hydroxylation is 2. The summed E-state index contributed by atoms with van der Waals surface area (Å²) < 4.78 is 5.36. The zero-order valence-corrected chi connectivity index (χ0v) is 16.5. The number of nitrogens with one attached hydrogen (secondary N) is 1. The fourth-order valence-electron chi connectivity index (χ4n) is 3.52. The quantitative estimate of drug-likeness (QED) is 0.804. The molecule has 5 heteroatoms. The maximum absolute atomic E-state index is 12.4. The van der Waals surface area contributed by atoms with Crippen molar-refractivity contribution in [2.75, 3.05) is 20.2 Å². The van der Waals surface area contributed by atoms with Gasteiger partial charge in [0, 0.05) is 30.4 Å². The molecule has 1 atom stereocenters. The van der Waals surface area contributed by atoms with Crippen LogP contribution in [0.1, 0.15) is 35.3 Å². The van der Waals surface area contributed by atoms with Gasteiger partial charge in [0.05, 0.1) is 7.11 Å². The summed E-state index contributed by atoms with van der Waals surface area (Å²) in [5.74, 6) is 1.03. The molecule has 1 aliphatic heterocycles. The van der Waals surface area contributed by atoms with Crippen molar-refractivity contribution in [3.63, 3.8) is 0 Å². The Balaban J connectivity index is 1.45. The number of amides is 1. The zero-order chi connectivity index (χ0) is 18.4. The van der Waals surface area contributed by atoms with Gasteiger partial charge in [-0.3, -0.25) is 9.69 Å². The molecule has 1 amide bonds. The number of hydrogen-bond acceptors (Lipinski definition) is 4. The number of benzene rings is 1. The molecule has 0 spiro atoms. The smallest absolute Gasteiger partial charge is 0.220 e. The Morgan fingerprint density at radius 1 is 1.38 bits per heavy atom. The number of thiophene rings is 1. The number of nitrogens with zero attached hydrogens (tertiary/aromatic N) is 1. The Hall–Kier alpha value is -1.85. The van der Waals surface area contributed by atoms with Crippen LogP contribution in [0.15, 0.2) is 35.7 Å². The fourth-order valence-corrected chi connectivity index (χ4v) is 4.26. The highest BCUT2D eigenvalue weighted by molar-refractivity contribution is 7.09. The summed E-state index contributed by atoms with van der Waals surface area (Å²) in [6, 6.07) is 10.7. The third-order valence-electron chi connectivity index (χ3n) is 4.94. The molecule has 2 aromatic rings. The molecular formula is C21H28N2O2S. The lowest BCUT2D eigenvalue weighted by molar-refractivity contribution is -0.122. The van der Waals surface area contributed by atoms with Crippen LogP contribution in [-0.4, -0.2) is 37.0 Å². The van der Waals surface area contributed by atoms with Gasteiger partial charge in [-0.15, -0.1) is 11.3 Å². The molecule has 1 aliphatic rings. The van der Waals surface area contributed by atoms with Gasteiger partial charge in [0.1, 0.15) is 5.75 Å². The number of carbonyl (C=O) groups excluding carboxylic acids is 1. The summed E-state index contributed by atoms with van der Waals surface area (Å²) in [5, 5.41) is 5.35. The summed E-state index contributed by atoms with van der Waals surface area (Å²) >= 11 is 1.80. The van der Waals surface area contributed by atoms with Gasteiger partial charge in [0.2, 0.25) is 5.91 Å². The van der Waals surface area contributed by atoms with Crippen molar-refractivity contribution in [2.24, 2.45) is 0 Å². The first-order valence-corrected chi connectivity index (χ1v) is 10.2. The predicted molar refractivity (Wildman–Crippen MR) is 107 cm³/mol. The van der Waals surface area contributed by atoms with Crippen LogP contribution in [0.4, 0.5) is 0 Å². The molecule has 4 nitrogen and oxygen atoms in total. The van der Waals surface area contributed by atoms with Crippen molar-refractivity contribution in [1.82, 2.24) is 10.2 Å². The van der Waals surface area contributed by atoms with Crippen LogP contribution in [0.25, 0.3) is 0 Å². The van der Waals surface area contributed by atoms with Crippen LogP contribution in [0.5, 0.6) is 5.75 Å². The van der Waals surface area contributed by atoms with Gasteiger partial charge in [0.25, 0.3) is 0 Å². The summed E-state index contributed by atoms with van der Waals surface area (Å²) in [6.07, 6.45) is 3.48. The first kappa shape index (κ1) is 18.9. The fraction of sp³-hybridized carbons (Fsp3) is 0.476. The van der Waals surface area contributed by atoms with Crippen LogP contribution >= 0.6 is 11.3 Å². The molecule has 0 bridgehead atoms. The van der Waals surface area contributed by atoms with Crippen molar-refractivity contribution in [2.45, 2.75) is 45.2 Å². The number of methoxy groups -OCH3 is 1. The Kier molecular flexibility index (Phi) is 6.69. The van der Waals surface area contributed by atoms with Crippen molar-refractivity contribution >= 4 is 17.2 Å². The topological polar surface area (TPSA) is 41.6 Å². The Morgan fingerprint density at radius 2 is 2.27 bits per heavy atom. The maximum Gasteiger partial charge on any atom is 0.220 e. The van der Waals surface area contributed by atoms with Crippen LogP contribution in [0.3, 0.4) is 0 Å². The van der Waals surface area contributed by atoms with Crippen molar-refractivity contribution in [3.05, 3.63) is 51.7 Å². The molecule has 1 fully saturated rings. The largest absolute Gasteiger partial charge is 0.496 e. The molecule has 1 N–H and O–H groups in total. The van der Waals surface area contributed by atoms with Gasteiger partial charge in [-0.05, 0) is 61.4 Å². The van der Waals surface area contributed by atoms with Gasteiger partial charge < -0.3 is 10.1 Å². The zero-order valence-electron chi connectivity index (χ0n) is 15.7. The number of likely N-dealkylation sites (tertiary alicyclic amines) is 1.